The number of rotatable bonds is 3. The van der Waals surface area contributed by atoms with Crippen LogP contribution < -0.4 is 0 Å². The third-order valence-corrected chi connectivity index (χ3v) is 1.25. The van der Waals surface area contributed by atoms with E-state index in [9.17, 15) is 5.11 Å². The van der Waals surface area contributed by atoms with Crippen LogP contribution in [0.3, 0.4) is 0 Å². The van der Waals surface area contributed by atoms with Gasteiger partial charge in [-0.15, -0.1) is 0 Å². The predicted molar refractivity (Wildman–Crippen MR) is 34.7 cm³/mol. The van der Waals surface area contributed by atoms with Crippen LogP contribution in [0, 0.1) is 5.92 Å². The van der Waals surface area contributed by atoms with Gasteiger partial charge in [0, 0.05) is 12.5 Å². The van der Waals surface area contributed by atoms with E-state index in [0.29, 0.717) is 6.54 Å². The Morgan fingerprint density at radius 2 is 2.50 bits per heavy atom. The van der Waals surface area contributed by atoms with Gasteiger partial charge in [-0.3, -0.25) is 4.68 Å². The van der Waals surface area contributed by atoms with Crippen molar-refractivity contribution in [3.63, 3.8) is 0 Å². The zero-order valence-electron chi connectivity index (χ0n) is 5.90. The van der Waals surface area contributed by atoms with Gasteiger partial charge in [-0.2, -0.15) is 5.10 Å². The van der Waals surface area contributed by atoms with Crippen LogP contribution in [0.15, 0.2) is 12.7 Å². The molecule has 0 bridgehead atoms. The average Bonchev–Trinajstić information content (AvgIpc) is 2.40. The van der Waals surface area contributed by atoms with E-state index in [-0.39, 0.29) is 12.5 Å². The summed E-state index contributed by atoms with van der Waals surface area (Å²) in [4.78, 5) is 3.76. The normalized spacial score (nSPS) is 13.4. The van der Waals surface area contributed by atoms with Gasteiger partial charge in [0.1, 0.15) is 12.7 Å². The standard InChI is InChI=1S/C6H10N3O/c1-6(3-10)2-9-5-7-4-8-9/h4-6H,2-3H2,1H3. The first-order valence-electron chi connectivity index (χ1n) is 3.23. The number of nitrogens with zero attached hydrogens (tertiary/aromatic N) is 3. The monoisotopic (exact) mass is 140 g/mol. The topological polar surface area (TPSA) is 50.6 Å². The van der Waals surface area contributed by atoms with Gasteiger partial charge in [0.25, 0.3) is 0 Å². The fourth-order valence-corrected chi connectivity index (χ4v) is 0.699. The maximum atomic E-state index is 10.3. The van der Waals surface area contributed by atoms with Crippen molar-refractivity contribution in [3.05, 3.63) is 12.7 Å². The molecule has 4 heteroatoms. The molecular weight excluding hydrogens is 130 g/mol. The number of hydrogen-bond acceptors (Lipinski definition) is 2. The third-order valence-electron chi connectivity index (χ3n) is 1.25. The van der Waals surface area contributed by atoms with Crippen molar-refractivity contribution in [3.8, 4) is 0 Å². The Kier molecular flexibility index (Phi) is 2.39. The molecular formula is C6H10N3O. The Bertz CT molecular complexity index is 173. The van der Waals surface area contributed by atoms with Crippen LogP contribution in [0.1, 0.15) is 6.92 Å². The van der Waals surface area contributed by atoms with Gasteiger partial charge in [-0.05, 0) is 0 Å². The van der Waals surface area contributed by atoms with E-state index in [1.165, 1.54) is 6.33 Å². The fraction of sp³-hybridized carbons (Fsp3) is 0.667. The minimum absolute atomic E-state index is 0.0557. The number of aromatic nitrogens is 3. The van der Waals surface area contributed by atoms with Gasteiger partial charge in [0.05, 0.1) is 6.61 Å². The summed E-state index contributed by atoms with van der Waals surface area (Å²) in [7, 11) is 0. The Morgan fingerprint density at radius 1 is 1.70 bits per heavy atom. The molecule has 1 aromatic rings. The molecule has 1 rings (SSSR count). The second kappa shape index (κ2) is 3.31. The molecule has 10 heavy (non-hydrogen) atoms. The van der Waals surface area contributed by atoms with Gasteiger partial charge >= 0.3 is 0 Å². The summed E-state index contributed by atoms with van der Waals surface area (Å²) in [6.07, 6.45) is 3.09. The molecule has 1 aromatic heterocycles. The molecule has 0 spiro atoms. The van der Waals surface area contributed by atoms with Crippen LogP contribution in [0.25, 0.3) is 0 Å². The highest BCUT2D eigenvalue weighted by Gasteiger charge is 2.00. The second-order valence-corrected chi connectivity index (χ2v) is 2.39. The maximum absolute atomic E-state index is 10.3. The van der Waals surface area contributed by atoms with E-state index < -0.39 is 0 Å². The molecule has 0 saturated heterocycles. The molecule has 55 valence electrons. The molecule has 1 radical (unpaired) electrons. The van der Waals surface area contributed by atoms with Gasteiger partial charge in [0.2, 0.25) is 0 Å². The summed E-state index contributed by atoms with van der Waals surface area (Å²) < 4.78 is 1.67. The lowest BCUT2D eigenvalue weighted by Crippen LogP contribution is -2.10. The Labute approximate surface area is 59.5 Å². The van der Waals surface area contributed by atoms with Gasteiger partial charge < -0.3 is 0 Å². The van der Waals surface area contributed by atoms with Crippen LogP contribution in [-0.4, -0.2) is 21.4 Å². The molecule has 1 atom stereocenters. The molecule has 4 nitrogen and oxygen atoms in total. The van der Waals surface area contributed by atoms with E-state index in [2.05, 4.69) is 10.1 Å². The van der Waals surface area contributed by atoms with Gasteiger partial charge in [0.15, 0.2) is 0 Å². The van der Waals surface area contributed by atoms with Crippen LogP contribution in [0.4, 0.5) is 0 Å². The third kappa shape index (κ3) is 1.80. The van der Waals surface area contributed by atoms with Crippen LogP contribution in [0.5, 0.6) is 0 Å². The first kappa shape index (κ1) is 7.21. The quantitative estimate of drug-likeness (QED) is 0.608. The molecule has 0 aliphatic heterocycles. The molecule has 0 saturated carbocycles. The Balaban J connectivity index is 2.40. The minimum Gasteiger partial charge on any atom is -0.253 e. The lowest BCUT2D eigenvalue weighted by molar-refractivity contribution is 0.140. The average molecular weight is 140 g/mol. The van der Waals surface area contributed by atoms with E-state index in [1.807, 2.05) is 6.92 Å². The highest BCUT2D eigenvalue weighted by molar-refractivity contribution is 4.58. The van der Waals surface area contributed by atoms with Gasteiger partial charge in [-0.25, -0.2) is 10.1 Å². The van der Waals surface area contributed by atoms with Crippen molar-refractivity contribution < 1.29 is 5.11 Å². The summed E-state index contributed by atoms with van der Waals surface area (Å²) in [5.41, 5.74) is 0. The molecule has 0 aliphatic carbocycles. The summed E-state index contributed by atoms with van der Waals surface area (Å²) in [6.45, 7) is 2.51. The van der Waals surface area contributed by atoms with Crippen molar-refractivity contribution in [1.82, 2.24) is 14.8 Å². The van der Waals surface area contributed by atoms with Crippen LogP contribution in [0.2, 0.25) is 0 Å². The summed E-state index contributed by atoms with van der Waals surface area (Å²) in [6, 6.07) is 0. The fourth-order valence-electron chi connectivity index (χ4n) is 0.699. The van der Waals surface area contributed by atoms with Crippen molar-refractivity contribution >= 4 is 0 Å². The molecule has 0 fully saturated rings. The van der Waals surface area contributed by atoms with Crippen molar-refractivity contribution in [2.75, 3.05) is 6.61 Å². The molecule has 0 aliphatic rings. The molecule has 0 amide bonds. The highest BCUT2D eigenvalue weighted by atomic mass is 16.3. The smallest absolute Gasteiger partial charge is 0.137 e. The van der Waals surface area contributed by atoms with Crippen molar-refractivity contribution in [2.24, 2.45) is 5.92 Å². The van der Waals surface area contributed by atoms with Crippen LogP contribution in [-0.2, 0) is 11.7 Å². The summed E-state index contributed by atoms with van der Waals surface area (Å²) in [5, 5.41) is 14.2. The van der Waals surface area contributed by atoms with E-state index >= 15 is 0 Å². The lowest BCUT2D eigenvalue weighted by atomic mass is 10.2. The SMILES string of the molecule is CC(C[O])Cn1cncn1. The highest BCUT2D eigenvalue weighted by Crippen LogP contribution is 1.95. The Morgan fingerprint density at radius 3 is 3.00 bits per heavy atom. The predicted octanol–water partition coefficient (Wildman–Crippen LogP) is 0.345. The van der Waals surface area contributed by atoms with Crippen LogP contribution >= 0.6 is 0 Å². The van der Waals surface area contributed by atoms with E-state index in [0.717, 1.165) is 0 Å². The largest absolute Gasteiger partial charge is 0.253 e. The molecule has 1 unspecified atom stereocenters. The zero-order valence-corrected chi connectivity index (χ0v) is 5.90. The molecule has 0 N–H and O–H groups in total. The Hall–Kier alpha value is -0.900. The molecule has 1 heterocycles. The number of hydrogen-bond donors (Lipinski definition) is 0. The first-order valence-corrected chi connectivity index (χ1v) is 3.23. The lowest BCUT2D eigenvalue weighted by Gasteiger charge is -2.04. The zero-order chi connectivity index (χ0) is 7.40. The van der Waals surface area contributed by atoms with Gasteiger partial charge in [-0.1, -0.05) is 6.92 Å². The second-order valence-electron chi connectivity index (χ2n) is 2.39. The van der Waals surface area contributed by atoms with E-state index in [4.69, 9.17) is 0 Å². The van der Waals surface area contributed by atoms with Crippen molar-refractivity contribution in [2.45, 2.75) is 13.5 Å². The minimum atomic E-state index is -0.0557. The summed E-state index contributed by atoms with van der Waals surface area (Å²) in [5.74, 6) is 0.140. The first-order chi connectivity index (χ1) is 4.83. The summed E-state index contributed by atoms with van der Waals surface area (Å²) >= 11 is 0. The molecule has 0 aromatic carbocycles. The van der Waals surface area contributed by atoms with E-state index in [1.54, 1.807) is 11.0 Å². The van der Waals surface area contributed by atoms with Crippen molar-refractivity contribution in [1.29, 1.82) is 0 Å². The maximum Gasteiger partial charge on any atom is 0.137 e.